The molecule has 1 N–H and O–H groups in total. The average Bonchev–Trinajstić information content (AvgIpc) is 3.02. The standard InChI is InChI=1S/C21H19N3O4S.Na.H/c1-13-22-17-5-3-2-4-16(17)20(26)24(13)10-11-28-15-8-6-14(7-9-15)12-18-19(25)23-21(27)29-18;;/h2-9,18H,10-12H2,1H3,(H,23,25,27);;. The van der Waals surface area contributed by atoms with Gasteiger partial charge in [0.25, 0.3) is 10.8 Å². The molecule has 0 spiro atoms. The van der Waals surface area contributed by atoms with Crippen LogP contribution in [0.3, 0.4) is 0 Å². The first-order chi connectivity index (χ1) is 14.0. The quantitative estimate of drug-likeness (QED) is 0.599. The first kappa shape index (κ1) is 22.6. The third-order valence-corrected chi connectivity index (χ3v) is 5.73. The molecule has 30 heavy (non-hydrogen) atoms. The SMILES string of the molecule is Cc1nc2ccccc2c(=O)n1CCOc1ccc(CC2SC(=O)NC2=O)cc1.[NaH]. The van der Waals surface area contributed by atoms with Crippen molar-refractivity contribution in [2.75, 3.05) is 6.61 Å². The number of thioether (sulfide) groups is 1. The van der Waals surface area contributed by atoms with Crippen LogP contribution in [0.2, 0.25) is 0 Å². The Morgan fingerprint density at radius 3 is 2.53 bits per heavy atom. The minimum atomic E-state index is -0.385. The fourth-order valence-corrected chi connectivity index (χ4v) is 4.12. The number of hydrogen-bond donors (Lipinski definition) is 1. The zero-order chi connectivity index (χ0) is 20.4. The second-order valence-corrected chi connectivity index (χ2v) is 7.89. The summed E-state index contributed by atoms with van der Waals surface area (Å²) >= 11 is 1.02. The van der Waals surface area contributed by atoms with E-state index in [1.807, 2.05) is 49.4 Å². The number of amides is 2. The number of fused-ring (bicyclic) bond motifs is 1. The molecule has 1 unspecified atom stereocenters. The van der Waals surface area contributed by atoms with Crippen LogP contribution in [0.15, 0.2) is 53.3 Å². The van der Waals surface area contributed by atoms with Crippen molar-refractivity contribution in [3.63, 3.8) is 0 Å². The van der Waals surface area contributed by atoms with Gasteiger partial charge < -0.3 is 4.74 Å². The van der Waals surface area contributed by atoms with Crippen molar-refractivity contribution in [1.82, 2.24) is 14.9 Å². The van der Waals surface area contributed by atoms with E-state index in [1.54, 1.807) is 10.6 Å². The van der Waals surface area contributed by atoms with Crippen LogP contribution in [-0.4, -0.2) is 62.1 Å². The Kier molecular flexibility index (Phi) is 7.36. The molecule has 1 aliphatic heterocycles. The van der Waals surface area contributed by atoms with E-state index < -0.39 is 0 Å². The molecule has 150 valence electrons. The van der Waals surface area contributed by atoms with Gasteiger partial charge in [-0.1, -0.05) is 36.0 Å². The van der Waals surface area contributed by atoms with Gasteiger partial charge in [0.1, 0.15) is 18.2 Å². The van der Waals surface area contributed by atoms with E-state index in [0.717, 1.165) is 17.3 Å². The van der Waals surface area contributed by atoms with Gasteiger partial charge in [0.05, 0.1) is 22.7 Å². The van der Waals surface area contributed by atoms with Crippen LogP contribution in [-0.2, 0) is 17.8 Å². The molecule has 4 rings (SSSR count). The summed E-state index contributed by atoms with van der Waals surface area (Å²) < 4.78 is 7.38. The van der Waals surface area contributed by atoms with Crippen molar-refractivity contribution in [2.45, 2.75) is 25.1 Å². The Labute approximate surface area is 199 Å². The number of carbonyl (C=O) groups is 2. The number of benzene rings is 2. The summed E-state index contributed by atoms with van der Waals surface area (Å²) in [5.41, 5.74) is 1.57. The van der Waals surface area contributed by atoms with E-state index in [9.17, 15) is 14.4 Å². The van der Waals surface area contributed by atoms with Crippen molar-refractivity contribution in [2.24, 2.45) is 0 Å². The third kappa shape index (κ3) is 4.95. The van der Waals surface area contributed by atoms with Crippen LogP contribution in [0, 0.1) is 6.92 Å². The summed E-state index contributed by atoms with van der Waals surface area (Å²) in [5.74, 6) is 1.08. The Hall–Kier alpha value is -2.13. The number of imide groups is 1. The Morgan fingerprint density at radius 1 is 1.10 bits per heavy atom. The molecule has 2 heterocycles. The van der Waals surface area contributed by atoms with Gasteiger partial charge >= 0.3 is 29.6 Å². The van der Waals surface area contributed by atoms with Crippen LogP contribution in [0.25, 0.3) is 10.9 Å². The molecule has 2 aromatic carbocycles. The zero-order valence-corrected chi connectivity index (χ0v) is 16.6. The van der Waals surface area contributed by atoms with Crippen molar-refractivity contribution >= 4 is 63.4 Å². The number of hydrogen-bond acceptors (Lipinski definition) is 6. The molecule has 1 aliphatic rings. The molecule has 1 aromatic heterocycles. The van der Waals surface area contributed by atoms with E-state index in [4.69, 9.17) is 4.74 Å². The molecule has 0 saturated carbocycles. The molecule has 1 saturated heterocycles. The molecule has 0 aliphatic carbocycles. The summed E-state index contributed by atoms with van der Waals surface area (Å²) in [5, 5.41) is 2.20. The van der Waals surface area contributed by atoms with E-state index in [0.29, 0.717) is 42.0 Å². The predicted octanol–water partition coefficient (Wildman–Crippen LogP) is 2.03. The number of aryl methyl sites for hydroxylation is 1. The Morgan fingerprint density at radius 2 is 1.83 bits per heavy atom. The Balaban J connectivity index is 0.00000256. The van der Waals surface area contributed by atoms with Gasteiger partial charge in [-0.15, -0.1) is 0 Å². The maximum atomic E-state index is 12.7. The zero-order valence-electron chi connectivity index (χ0n) is 15.8. The number of nitrogens with one attached hydrogen (secondary N) is 1. The van der Waals surface area contributed by atoms with Gasteiger partial charge in [-0.2, -0.15) is 0 Å². The fourth-order valence-electron chi connectivity index (χ4n) is 3.26. The summed E-state index contributed by atoms with van der Waals surface area (Å²) in [7, 11) is 0. The van der Waals surface area contributed by atoms with Crippen molar-refractivity contribution in [1.29, 1.82) is 0 Å². The van der Waals surface area contributed by atoms with Crippen molar-refractivity contribution < 1.29 is 14.3 Å². The maximum absolute atomic E-state index is 12.7. The van der Waals surface area contributed by atoms with Gasteiger partial charge in [-0.3, -0.25) is 24.3 Å². The van der Waals surface area contributed by atoms with E-state index >= 15 is 0 Å². The summed E-state index contributed by atoms with van der Waals surface area (Å²) in [6.45, 7) is 2.53. The van der Waals surface area contributed by atoms with Crippen LogP contribution in [0.4, 0.5) is 4.79 Å². The minimum absolute atomic E-state index is 0. The number of rotatable bonds is 6. The molecular weight excluding hydrogens is 413 g/mol. The van der Waals surface area contributed by atoms with E-state index in [-0.39, 0.29) is 51.5 Å². The van der Waals surface area contributed by atoms with Crippen LogP contribution >= 0.6 is 11.8 Å². The summed E-state index contributed by atoms with van der Waals surface area (Å²) in [6, 6.07) is 14.7. The van der Waals surface area contributed by atoms with Gasteiger partial charge in [-0.25, -0.2) is 4.98 Å². The third-order valence-electron chi connectivity index (χ3n) is 4.75. The normalized spacial score (nSPS) is 15.7. The topological polar surface area (TPSA) is 90.3 Å². The molecular formula is C21H20N3NaO4S. The fraction of sp³-hybridized carbons (Fsp3) is 0.238. The molecule has 0 bridgehead atoms. The van der Waals surface area contributed by atoms with Gasteiger partial charge in [-0.05, 0) is 43.2 Å². The predicted molar refractivity (Wildman–Crippen MR) is 118 cm³/mol. The summed E-state index contributed by atoms with van der Waals surface area (Å²) in [4.78, 5) is 40.0. The van der Waals surface area contributed by atoms with Crippen LogP contribution < -0.4 is 15.6 Å². The van der Waals surface area contributed by atoms with Gasteiger partial charge in [0.2, 0.25) is 5.91 Å². The molecule has 9 heteroatoms. The molecule has 1 fully saturated rings. The molecule has 3 aromatic rings. The Bertz CT molecular complexity index is 1150. The number of para-hydroxylation sites is 1. The van der Waals surface area contributed by atoms with Gasteiger partial charge in [0.15, 0.2) is 0 Å². The summed E-state index contributed by atoms with van der Waals surface area (Å²) in [6.07, 6.45) is 0.486. The number of nitrogens with zero attached hydrogens (tertiary/aromatic N) is 2. The average molecular weight is 433 g/mol. The monoisotopic (exact) mass is 433 g/mol. The second kappa shape index (κ2) is 9.78. The van der Waals surface area contributed by atoms with Crippen LogP contribution in [0.5, 0.6) is 5.75 Å². The van der Waals surface area contributed by atoms with Gasteiger partial charge in [0, 0.05) is 0 Å². The second-order valence-electron chi connectivity index (χ2n) is 6.71. The molecule has 2 amide bonds. The van der Waals surface area contributed by atoms with Crippen molar-refractivity contribution in [3.05, 3.63) is 70.3 Å². The molecule has 1 atom stereocenters. The number of carbonyl (C=O) groups excluding carboxylic acids is 2. The van der Waals surface area contributed by atoms with E-state index in [2.05, 4.69) is 10.3 Å². The molecule has 7 nitrogen and oxygen atoms in total. The van der Waals surface area contributed by atoms with E-state index in [1.165, 1.54) is 0 Å². The molecule has 0 radical (unpaired) electrons. The first-order valence-electron chi connectivity index (χ1n) is 9.20. The number of aromatic nitrogens is 2. The van der Waals surface area contributed by atoms with Crippen LogP contribution in [0.1, 0.15) is 11.4 Å². The first-order valence-corrected chi connectivity index (χ1v) is 10.1. The number of ether oxygens (including phenoxy) is 1. The van der Waals surface area contributed by atoms with Crippen molar-refractivity contribution in [3.8, 4) is 5.75 Å².